The summed E-state index contributed by atoms with van der Waals surface area (Å²) in [5.41, 5.74) is 1.49. The summed E-state index contributed by atoms with van der Waals surface area (Å²) in [4.78, 5) is 33.5. The van der Waals surface area contributed by atoms with Crippen molar-refractivity contribution in [1.82, 2.24) is 24.5 Å². The zero-order valence-electron chi connectivity index (χ0n) is 12.0. The lowest BCUT2D eigenvalue weighted by atomic mass is 10.2. The number of rotatable bonds is 2. The molecule has 3 aromatic rings. The van der Waals surface area contributed by atoms with Crippen LogP contribution in [0.25, 0.3) is 4.96 Å². The maximum atomic E-state index is 12.6. The van der Waals surface area contributed by atoms with E-state index in [1.807, 2.05) is 0 Å². The van der Waals surface area contributed by atoms with Gasteiger partial charge >= 0.3 is 0 Å². The van der Waals surface area contributed by atoms with Gasteiger partial charge < -0.3 is 9.80 Å². The molecule has 0 aromatic carbocycles. The highest BCUT2D eigenvalue weighted by Gasteiger charge is 2.25. The van der Waals surface area contributed by atoms with Gasteiger partial charge in [0.2, 0.25) is 5.13 Å². The molecule has 1 saturated heterocycles. The predicted molar refractivity (Wildman–Crippen MR) is 87.4 cm³/mol. The molecule has 1 aliphatic heterocycles. The number of anilines is 1. The highest BCUT2D eigenvalue weighted by molar-refractivity contribution is 7.15. The molecule has 118 valence electrons. The fourth-order valence-corrected chi connectivity index (χ4v) is 3.84. The van der Waals surface area contributed by atoms with Crippen LogP contribution in [0, 0.1) is 0 Å². The number of thiazole rings is 1. The molecular formula is C13H12N6O2S2. The number of hydrogen-bond donors (Lipinski definition) is 0. The van der Waals surface area contributed by atoms with E-state index in [0.717, 1.165) is 5.13 Å². The lowest BCUT2D eigenvalue weighted by molar-refractivity contribution is 0.0744. The van der Waals surface area contributed by atoms with Crippen LogP contribution in [0.15, 0.2) is 28.1 Å². The first-order valence-corrected chi connectivity index (χ1v) is 8.75. The molecule has 3 aromatic heterocycles. The molecule has 0 aliphatic carbocycles. The van der Waals surface area contributed by atoms with E-state index in [0.29, 0.717) is 31.1 Å². The normalized spacial score (nSPS) is 15.3. The third kappa shape index (κ3) is 2.49. The van der Waals surface area contributed by atoms with Crippen molar-refractivity contribution in [2.24, 2.45) is 0 Å². The van der Waals surface area contributed by atoms with Gasteiger partial charge in [0.05, 0.1) is 0 Å². The van der Waals surface area contributed by atoms with Crippen molar-refractivity contribution in [2.75, 3.05) is 31.1 Å². The van der Waals surface area contributed by atoms with Gasteiger partial charge in [-0.1, -0.05) is 11.3 Å². The van der Waals surface area contributed by atoms with Gasteiger partial charge in [0.25, 0.3) is 11.5 Å². The van der Waals surface area contributed by atoms with Gasteiger partial charge in [-0.05, 0) is 0 Å². The second-order valence-corrected chi connectivity index (χ2v) is 6.72. The van der Waals surface area contributed by atoms with Crippen molar-refractivity contribution in [3.63, 3.8) is 0 Å². The van der Waals surface area contributed by atoms with Gasteiger partial charge in [0, 0.05) is 44.0 Å². The van der Waals surface area contributed by atoms with Gasteiger partial charge in [-0.15, -0.1) is 21.5 Å². The van der Waals surface area contributed by atoms with Crippen molar-refractivity contribution in [2.45, 2.75) is 0 Å². The molecule has 0 radical (unpaired) electrons. The molecule has 0 N–H and O–H groups in total. The Kier molecular flexibility index (Phi) is 3.54. The van der Waals surface area contributed by atoms with Crippen LogP contribution >= 0.6 is 22.7 Å². The fourth-order valence-electron chi connectivity index (χ4n) is 2.55. The van der Waals surface area contributed by atoms with Gasteiger partial charge in [-0.25, -0.2) is 4.98 Å². The van der Waals surface area contributed by atoms with Crippen LogP contribution < -0.4 is 10.5 Å². The minimum atomic E-state index is -0.312. The monoisotopic (exact) mass is 348 g/mol. The SMILES string of the molecule is O=C(c1cnc2sccn2c1=O)N1CCN(c2nncs2)CC1. The second-order valence-electron chi connectivity index (χ2n) is 5.03. The van der Waals surface area contributed by atoms with Gasteiger partial charge in [0.15, 0.2) is 4.96 Å². The highest BCUT2D eigenvalue weighted by atomic mass is 32.1. The topological polar surface area (TPSA) is 83.7 Å². The maximum absolute atomic E-state index is 12.6. The number of amides is 1. The molecule has 0 atom stereocenters. The molecule has 23 heavy (non-hydrogen) atoms. The van der Waals surface area contributed by atoms with E-state index in [1.54, 1.807) is 22.0 Å². The summed E-state index contributed by atoms with van der Waals surface area (Å²) in [6.07, 6.45) is 3.02. The van der Waals surface area contributed by atoms with Crippen LogP contribution in [0.1, 0.15) is 10.4 Å². The quantitative estimate of drug-likeness (QED) is 0.673. The lowest BCUT2D eigenvalue weighted by Gasteiger charge is -2.34. The Labute approximate surface area is 138 Å². The summed E-state index contributed by atoms with van der Waals surface area (Å²) >= 11 is 2.84. The van der Waals surface area contributed by atoms with Gasteiger partial charge in [0.1, 0.15) is 11.1 Å². The third-order valence-corrected chi connectivity index (χ3v) is 5.28. The third-order valence-electron chi connectivity index (χ3n) is 3.76. The maximum Gasteiger partial charge on any atom is 0.271 e. The Morgan fingerprint density at radius 1 is 1.17 bits per heavy atom. The van der Waals surface area contributed by atoms with Crippen LogP contribution in [-0.2, 0) is 0 Å². The molecule has 10 heteroatoms. The average molecular weight is 348 g/mol. The van der Waals surface area contributed by atoms with Crippen LogP contribution in [0.4, 0.5) is 5.13 Å². The molecule has 0 saturated carbocycles. The smallest absolute Gasteiger partial charge is 0.271 e. The van der Waals surface area contributed by atoms with E-state index in [-0.39, 0.29) is 17.0 Å². The standard InChI is InChI=1S/C13H12N6O2S2/c20-10(9-7-14-12-19(11(9)21)5-6-22-12)17-1-3-18(4-2-17)13-16-15-8-23-13/h5-8H,1-4H2. The molecule has 0 spiro atoms. The van der Waals surface area contributed by atoms with E-state index in [4.69, 9.17) is 0 Å². The van der Waals surface area contributed by atoms with Crippen LogP contribution in [0.5, 0.6) is 0 Å². The first-order chi connectivity index (χ1) is 11.2. The minimum Gasteiger partial charge on any atom is -0.343 e. The summed E-state index contributed by atoms with van der Waals surface area (Å²) in [6.45, 7) is 2.45. The van der Waals surface area contributed by atoms with Crippen molar-refractivity contribution in [3.05, 3.63) is 39.2 Å². The summed E-state index contributed by atoms with van der Waals surface area (Å²) in [5, 5.41) is 10.5. The van der Waals surface area contributed by atoms with E-state index >= 15 is 0 Å². The molecular weight excluding hydrogens is 336 g/mol. The van der Waals surface area contributed by atoms with Crippen molar-refractivity contribution < 1.29 is 4.79 Å². The Morgan fingerprint density at radius 3 is 2.74 bits per heavy atom. The highest BCUT2D eigenvalue weighted by Crippen LogP contribution is 2.18. The predicted octanol–water partition coefficient (Wildman–Crippen LogP) is 0.570. The zero-order valence-corrected chi connectivity index (χ0v) is 13.6. The number of aromatic nitrogens is 4. The summed E-state index contributed by atoms with van der Waals surface area (Å²) in [7, 11) is 0. The number of nitrogens with zero attached hydrogens (tertiary/aromatic N) is 6. The number of hydrogen-bond acceptors (Lipinski definition) is 8. The minimum absolute atomic E-state index is 0.116. The van der Waals surface area contributed by atoms with Crippen LogP contribution in [0.2, 0.25) is 0 Å². The Hall–Kier alpha value is -2.33. The number of piperazine rings is 1. The molecule has 4 heterocycles. The first-order valence-electron chi connectivity index (χ1n) is 6.99. The number of fused-ring (bicyclic) bond motifs is 1. The Morgan fingerprint density at radius 2 is 2.00 bits per heavy atom. The van der Waals surface area contributed by atoms with Crippen molar-refractivity contribution in [3.8, 4) is 0 Å². The molecule has 4 rings (SSSR count). The molecule has 0 unspecified atom stereocenters. The summed E-state index contributed by atoms with van der Waals surface area (Å²) < 4.78 is 1.41. The Balaban J connectivity index is 1.53. The largest absolute Gasteiger partial charge is 0.343 e. The van der Waals surface area contributed by atoms with Gasteiger partial charge in [-0.2, -0.15) is 0 Å². The average Bonchev–Trinajstić information content (AvgIpc) is 3.27. The van der Waals surface area contributed by atoms with E-state index in [1.165, 1.54) is 33.3 Å². The van der Waals surface area contributed by atoms with Crippen LogP contribution in [-0.4, -0.2) is 56.6 Å². The molecule has 8 nitrogen and oxygen atoms in total. The lowest BCUT2D eigenvalue weighted by Crippen LogP contribution is -2.49. The second kappa shape index (κ2) is 5.70. The summed E-state index contributed by atoms with van der Waals surface area (Å²) in [6, 6.07) is 0. The molecule has 1 fully saturated rings. The van der Waals surface area contributed by atoms with Crippen molar-refractivity contribution in [1.29, 1.82) is 0 Å². The van der Waals surface area contributed by atoms with E-state index < -0.39 is 0 Å². The van der Waals surface area contributed by atoms with Crippen LogP contribution in [0.3, 0.4) is 0 Å². The molecule has 1 aliphatic rings. The fraction of sp³-hybridized carbons (Fsp3) is 0.308. The number of carbonyl (C=O) groups is 1. The number of carbonyl (C=O) groups excluding carboxylic acids is 1. The van der Waals surface area contributed by atoms with Gasteiger partial charge in [-0.3, -0.25) is 14.0 Å². The van der Waals surface area contributed by atoms with E-state index in [9.17, 15) is 9.59 Å². The Bertz CT molecular complexity index is 895. The molecule has 1 amide bonds. The first kappa shape index (κ1) is 14.3. The summed E-state index contributed by atoms with van der Waals surface area (Å²) in [5.74, 6) is -0.264. The van der Waals surface area contributed by atoms with E-state index in [2.05, 4.69) is 20.1 Å². The zero-order chi connectivity index (χ0) is 15.8. The molecule has 0 bridgehead atoms. The van der Waals surface area contributed by atoms with Crippen molar-refractivity contribution >= 4 is 38.7 Å².